The molecule has 1 unspecified atom stereocenters. The molecule has 0 spiro atoms. The molecule has 0 aromatic carbocycles. The van der Waals surface area contributed by atoms with Crippen molar-refractivity contribution < 1.29 is 24.2 Å². The Morgan fingerprint density at radius 3 is 2.65 bits per heavy atom. The number of likely N-dealkylation sites (tertiary alicyclic amines) is 1. The molecule has 1 aliphatic rings. The van der Waals surface area contributed by atoms with E-state index < -0.39 is 18.0 Å². The number of ether oxygens (including phenoxy) is 1. The molecule has 17 heavy (non-hydrogen) atoms. The normalized spacial score (nSPS) is 19.1. The number of esters is 1. The molecule has 0 aromatic heterocycles. The molecule has 1 heterocycles. The Balaban J connectivity index is 2.42. The van der Waals surface area contributed by atoms with Crippen molar-refractivity contribution in [1.29, 1.82) is 0 Å². The fourth-order valence-electron chi connectivity index (χ4n) is 1.91. The summed E-state index contributed by atoms with van der Waals surface area (Å²) in [6, 6.07) is -0.732. The van der Waals surface area contributed by atoms with E-state index in [0.29, 0.717) is 19.4 Å². The van der Waals surface area contributed by atoms with Crippen molar-refractivity contribution in [3.8, 4) is 0 Å². The van der Waals surface area contributed by atoms with E-state index in [0.717, 1.165) is 0 Å². The molecule has 96 valence electrons. The standard InChI is InChI=1S/C11H17NO5/c1-2-17-10(14)6-5-9(13)12-7-3-4-8(12)11(15)16/h8H,2-7H2,1H3,(H,15,16). The van der Waals surface area contributed by atoms with Crippen LogP contribution in [0, 0.1) is 0 Å². The second kappa shape index (κ2) is 6.22. The van der Waals surface area contributed by atoms with E-state index in [9.17, 15) is 14.4 Å². The van der Waals surface area contributed by atoms with Gasteiger partial charge in [-0.25, -0.2) is 4.79 Å². The maximum absolute atomic E-state index is 11.7. The van der Waals surface area contributed by atoms with Gasteiger partial charge in [-0.2, -0.15) is 0 Å². The number of hydrogen-bond donors (Lipinski definition) is 1. The highest BCUT2D eigenvalue weighted by Gasteiger charge is 2.33. The van der Waals surface area contributed by atoms with Gasteiger partial charge in [-0.3, -0.25) is 9.59 Å². The molecule has 1 N–H and O–H groups in total. The Bertz CT molecular complexity index is 315. The highest BCUT2D eigenvalue weighted by Crippen LogP contribution is 2.18. The molecule has 1 fully saturated rings. The maximum Gasteiger partial charge on any atom is 0.326 e. The lowest BCUT2D eigenvalue weighted by atomic mass is 10.2. The van der Waals surface area contributed by atoms with Crippen LogP contribution < -0.4 is 0 Å². The summed E-state index contributed by atoms with van der Waals surface area (Å²) < 4.78 is 4.70. The van der Waals surface area contributed by atoms with Crippen molar-refractivity contribution in [2.24, 2.45) is 0 Å². The van der Waals surface area contributed by atoms with Crippen molar-refractivity contribution in [1.82, 2.24) is 4.90 Å². The van der Waals surface area contributed by atoms with Gasteiger partial charge in [0, 0.05) is 13.0 Å². The van der Waals surface area contributed by atoms with Crippen LogP contribution in [-0.2, 0) is 19.1 Å². The number of carboxylic acid groups (broad SMARTS) is 1. The molecule has 0 aromatic rings. The topological polar surface area (TPSA) is 83.9 Å². The Morgan fingerprint density at radius 1 is 1.35 bits per heavy atom. The quantitative estimate of drug-likeness (QED) is 0.707. The number of hydrogen-bond acceptors (Lipinski definition) is 4. The summed E-state index contributed by atoms with van der Waals surface area (Å²) in [6.45, 7) is 2.44. The van der Waals surface area contributed by atoms with E-state index in [1.807, 2.05) is 0 Å². The van der Waals surface area contributed by atoms with Crippen molar-refractivity contribution in [2.75, 3.05) is 13.2 Å². The smallest absolute Gasteiger partial charge is 0.326 e. The number of nitrogens with zero attached hydrogens (tertiary/aromatic N) is 1. The summed E-state index contributed by atoms with van der Waals surface area (Å²) in [4.78, 5) is 35.0. The lowest BCUT2D eigenvalue weighted by Crippen LogP contribution is -2.40. The molecule has 0 aliphatic carbocycles. The van der Waals surface area contributed by atoms with Crippen LogP contribution in [0.2, 0.25) is 0 Å². The van der Waals surface area contributed by atoms with Crippen LogP contribution in [0.3, 0.4) is 0 Å². The van der Waals surface area contributed by atoms with Gasteiger partial charge in [0.15, 0.2) is 0 Å². The first-order valence-electron chi connectivity index (χ1n) is 5.74. The average molecular weight is 243 g/mol. The predicted octanol–water partition coefficient (Wildman–Crippen LogP) is 0.405. The number of carboxylic acids is 1. The third-order valence-electron chi connectivity index (χ3n) is 2.71. The molecule has 1 aliphatic heterocycles. The van der Waals surface area contributed by atoms with Crippen LogP contribution in [-0.4, -0.2) is 47.0 Å². The zero-order chi connectivity index (χ0) is 12.8. The minimum atomic E-state index is -0.980. The summed E-state index contributed by atoms with van der Waals surface area (Å²) >= 11 is 0. The molecular weight excluding hydrogens is 226 g/mol. The highest BCUT2D eigenvalue weighted by molar-refractivity contribution is 5.86. The lowest BCUT2D eigenvalue weighted by molar-refractivity contribution is -0.149. The average Bonchev–Trinajstić information content (AvgIpc) is 2.75. The monoisotopic (exact) mass is 243 g/mol. The summed E-state index contributed by atoms with van der Waals surface area (Å²) in [5.41, 5.74) is 0. The Morgan fingerprint density at radius 2 is 2.06 bits per heavy atom. The van der Waals surface area contributed by atoms with Crippen LogP contribution in [0.1, 0.15) is 32.6 Å². The molecule has 0 bridgehead atoms. The number of amides is 1. The largest absolute Gasteiger partial charge is 0.480 e. The van der Waals surface area contributed by atoms with E-state index >= 15 is 0 Å². The fraction of sp³-hybridized carbons (Fsp3) is 0.727. The van der Waals surface area contributed by atoms with Crippen molar-refractivity contribution >= 4 is 17.8 Å². The van der Waals surface area contributed by atoms with Gasteiger partial charge in [-0.05, 0) is 19.8 Å². The van der Waals surface area contributed by atoms with Gasteiger partial charge in [0.1, 0.15) is 6.04 Å². The first-order valence-corrected chi connectivity index (χ1v) is 5.74. The van der Waals surface area contributed by atoms with Crippen LogP contribution in [0.4, 0.5) is 0 Å². The molecule has 1 rings (SSSR count). The van der Waals surface area contributed by atoms with Gasteiger partial charge >= 0.3 is 11.9 Å². The SMILES string of the molecule is CCOC(=O)CCC(=O)N1CCCC1C(=O)O. The Kier molecular flexibility index (Phi) is 4.93. The van der Waals surface area contributed by atoms with Gasteiger partial charge in [0.05, 0.1) is 13.0 Å². The summed E-state index contributed by atoms with van der Waals surface area (Å²) in [5, 5.41) is 8.91. The Labute approximate surface area is 99.5 Å². The van der Waals surface area contributed by atoms with E-state index in [1.54, 1.807) is 6.92 Å². The molecule has 1 saturated heterocycles. The van der Waals surface area contributed by atoms with Crippen LogP contribution >= 0.6 is 0 Å². The van der Waals surface area contributed by atoms with Gasteiger partial charge in [-0.1, -0.05) is 0 Å². The third-order valence-corrected chi connectivity index (χ3v) is 2.71. The summed E-state index contributed by atoms with van der Waals surface area (Å²) in [5.74, 6) is -1.69. The van der Waals surface area contributed by atoms with E-state index in [1.165, 1.54) is 4.90 Å². The minimum absolute atomic E-state index is 0.00944. The van der Waals surface area contributed by atoms with Crippen LogP contribution in [0.15, 0.2) is 0 Å². The zero-order valence-electron chi connectivity index (χ0n) is 9.85. The number of aliphatic carboxylic acids is 1. The third kappa shape index (κ3) is 3.72. The lowest BCUT2D eigenvalue weighted by Gasteiger charge is -2.21. The molecule has 1 amide bonds. The van der Waals surface area contributed by atoms with Crippen LogP contribution in [0.5, 0.6) is 0 Å². The van der Waals surface area contributed by atoms with Gasteiger partial charge in [-0.15, -0.1) is 0 Å². The highest BCUT2D eigenvalue weighted by atomic mass is 16.5. The van der Waals surface area contributed by atoms with Crippen molar-refractivity contribution in [3.63, 3.8) is 0 Å². The summed E-state index contributed by atoms with van der Waals surface area (Å²) in [7, 11) is 0. The molecule has 6 heteroatoms. The maximum atomic E-state index is 11.7. The number of carbonyl (C=O) groups excluding carboxylic acids is 2. The number of rotatable bonds is 5. The van der Waals surface area contributed by atoms with Crippen molar-refractivity contribution in [3.05, 3.63) is 0 Å². The molecule has 0 saturated carbocycles. The van der Waals surface area contributed by atoms with E-state index in [4.69, 9.17) is 9.84 Å². The zero-order valence-corrected chi connectivity index (χ0v) is 9.85. The van der Waals surface area contributed by atoms with Crippen molar-refractivity contribution in [2.45, 2.75) is 38.6 Å². The molecule has 1 atom stereocenters. The number of carbonyl (C=O) groups is 3. The Hall–Kier alpha value is -1.59. The first kappa shape index (κ1) is 13.5. The summed E-state index contributed by atoms with van der Waals surface area (Å²) in [6.07, 6.45) is 1.21. The molecule has 0 radical (unpaired) electrons. The minimum Gasteiger partial charge on any atom is -0.480 e. The van der Waals surface area contributed by atoms with Crippen LogP contribution in [0.25, 0.3) is 0 Å². The van der Waals surface area contributed by atoms with E-state index in [-0.39, 0.29) is 25.4 Å². The van der Waals surface area contributed by atoms with Gasteiger partial charge in [0.25, 0.3) is 0 Å². The second-order valence-electron chi connectivity index (χ2n) is 3.89. The fourth-order valence-corrected chi connectivity index (χ4v) is 1.91. The second-order valence-corrected chi connectivity index (χ2v) is 3.89. The first-order chi connectivity index (χ1) is 8.06. The van der Waals surface area contributed by atoms with Gasteiger partial charge < -0.3 is 14.7 Å². The molecule has 6 nitrogen and oxygen atoms in total. The van der Waals surface area contributed by atoms with Gasteiger partial charge in [0.2, 0.25) is 5.91 Å². The predicted molar refractivity (Wildman–Crippen MR) is 58.2 cm³/mol. The van der Waals surface area contributed by atoms with E-state index in [2.05, 4.69) is 0 Å². The molecular formula is C11H17NO5.